The van der Waals surface area contributed by atoms with E-state index in [-0.39, 0.29) is 17.7 Å². The average Bonchev–Trinajstić information content (AvgIpc) is 2.35. The fourth-order valence-electron chi connectivity index (χ4n) is 2.01. The van der Waals surface area contributed by atoms with Crippen LogP contribution >= 0.6 is 12.2 Å². The van der Waals surface area contributed by atoms with Gasteiger partial charge in [-0.25, -0.2) is 0 Å². The first-order valence-electron chi connectivity index (χ1n) is 7.05. The van der Waals surface area contributed by atoms with Gasteiger partial charge in [0.1, 0.15) is 0 Å². The molecule has 4 heteroatoms. The van der Waals surface area contributed by atoms with Gasteiger partial charge in [-0.05, 0) is 19.8 Å². The summed E-state index contributed by atoms with van der Waals surface area (Å²) in [7, 11) is 0. The van der Waals surface area contributed by atoms with Crippen LogP contribution in [-0.2, 0) is 4.79 Å². The largest absolute Gasteiger partial charge is 0.393 e. The Morgan fingerprint density at radius 3 is 2.33 bits per heavy atom. The molecule has 2 unspecified atom stereocenters. The predicted molar refractivity (Wildman–Crippen MR) is 81.5 cm³/mol. The minimum absolute atomic E-state index is 0.0904. The summed E-state index contributed by atoms with van der Waals surface area (Å²) in [5, 5.41) is 0. The Balaban J connectivity index is 4.51. The summed E-state index contributed by atoms with van der Waals surface area (Å²) < 4.78 is 0. The SMILES string of the molecule is CCCCC(CC)C(=O)N(CC)CC(C)C(N)=S. The molecular weight excluding hydrogens is 244 g/mol. The van der Waals surface area contributed by atoms with Gasteiger partial charge in [0.25, 0.3) is 0 Å². The lowest BCUT2D eigenvalue weighted by atomic mass is 9.97. The summed E-state index contributed by atoms with van der Waals surface area (Å²) in [4.78, 5) is 14.8. The molecule has 0 saturated heterocycles. The van der Waals surface area contributed by atoms with Crippen LogP contribution in [-0.4, -0.2) is 28.9 Å². The Hall–Kier alpha value is -0.640. The van der Waals surface area contributed by atoms with Gasteiger partial charge in [0.05, 0.1) is 4.99 Å². The molecule has 106 valence electrons. The molecule has 0 saturated carbocycles. The molecule has 0 spiro atoms. The van der Waals surface area contributed by atoms with Gasteiger partial charge in [-0.3, -0.25) is 4.79 Å². The predicted octanol–water partition coefficient (Wildman–Crippen LogP) is 2.97. The van der Waals surface area contributed by atoms with Crippen molar-refractivity contribution in [1.29, 1.82) is 0 Å². The van der Waals surface area contributed by atoms with Crippen LogP contribution in [0.25, 0.3) is 0 Å². The molecule has 0 aliphatic carbocycles. The molecule has 0 aromatic heterocycles. The highest BCUT2D eigenvalue weighted by Gasteiger charge is 2.23. The average molecular weight is 272 g/mol. The van der Waals surface area contributed by atoms with E-state index in [9.17, 15) is 4.79 Å². The maximum absolute atomic E-state index is 12.4. The molecule has 0 fully saturated rings. The fraction of sp³-hybridized carbons (Fsp3) is 0.857. The van der Waals surface area contributed by atoms with E-state index in [0.29, 0.717) is 11.5 Å². The number of hydrogen-bond acceptors (Lipinski definition) is 2. The van der Waals surface area contributed by atoms with Crippen molar-refractivity contribution in [2.45, 2.75) is 53.4 Å². The van der Waals surface area contributed by atoms with Crippen LogP contribution in [0.2, 0.25) is 0 Å². The minimum Gasteiger partial charge on any atom is -0.393 e. The Morgan fingerprint density at radius 1 is 1.33 bits per heavy atom. The molecule has 3 nitrogen and oxygen atoms in total. The molecular formula is C14H28N2OS. The van der Waals surface area contributed by atoms with Crippen LogP contribution < -0.4 is 5.73 Å². The van der Waals surface area contributed by atoms with Gasteiger partial charge < -0.3 is 10.6 Å². The number of nitrogens with zero attached hydrogens (tertiary/aromatic N) is 1. The molecule has 0 rings (SSSR count). The molecule has 0 aliphatic rings. The summed E-state index contributed by atoms with van der Waals surface area (Å²) in [6.45, 7) is 9.61. The Bertz CT molecular complexity index is 269. The lowest BCUT2D eigenvalue weighted by Crippen LogP contribution is -2.41. The number of carbonyl (C=O) groups is 1. The van der Waals surface area contributed by atoms with Crippen molar-refractivity contribution in [3.63, 3.8) is 0 Å². The first-order chi connectivity index (χ1) is 8.47. The van der Waals surface area contributed by atoms with E-state index in [1.165, 1.54) is 0 Å². The van der Waals surface area contributed by atoms with Gasteiger partial charge in [0.15, 0.2) is 0 Å². The number of carbonyl (C=O) groups excluding carboxylic acids is 1. The highest BCUT2D eigenvalue weighted by atomic mass is 32.1. The number of amides is 1. The van der Waals surface area contributed by atoms with Gasteiger partial charge in [-0.2, -0.15) is 0 Å². The highest BCUT2D eigenvalue weighted by Crippen LogP contribution is 2.16. The van der Waals surface area contributed by atoms with E-state index in [0.717, 1.165) is 32.2 Å². The van der Waals surface area contributed by atoms with Gasteiger partial charge in [0.2, 0.25) is 5.91 Å². The molecule has 0 radical (unpaired) electrons. The Kier molecular flexibility index (Phi) is 8.98. The maximum Gasteiger partial charge on any atom is 0.225 e. The molecule has 0 aromatic rings. The van der Waals surface area contributed by atoms with Crippen molar-refractivity contribution in [3.05, 3.63) is 0 Å². The van der Waals surface area contributed by atoms with E-state index in [1.54, 1.807) is 0 Å². The molecule has 1 amide bonds. The van der Waals surface area contributed by atoms with Crippen LogP contribution in [0.3, 0.4) is 0 Å². The van der Waals surface area contributed by atoms with Gasteiger partial charge in [0, 0.05) is 24.9 Å². The number of nitrogens with two attached hydrogens (primary N) is 1. The Morgan fingerprint density at radius 2 is 1.94 bits per heavy atom. The van der Waals surface area contributed by atoms with Crippen LogP contribution in [0.5, 0.6) is 0 Å². The summed E-state index contributed by atoms with van der Waals surface area (Å²) in [5.74, 6) is 0.507. The van der Waals surface area contributed by atoms with Gasteiger partial charge in [-0.15, -0.1) is 0 Å². The molecule has 2 atom stereocenters. The zero-order valence-corrected chi connectivity index (χ0v) is 13.1. The first kappa shape index (κ1) is 17.4. The number of hydrogen-bond donors (Lipinski definition) is 1. The van der Waals surface area contributed by atoms with Crippen LogP contribution in [0.15, 0.2) is 0 Å². The third-order valence-corrected chi connectivity index (χ3v) is 3.82. The van der Waals surface area contributed by atoms with Crippen molar-refractivity contribution in [3.8, 4) is 0 Å². The van der Waals surface area contributed by atoms with Crippen molar-refractivity contribution in [2.24, 2.45) is 17.6 Å². The zero-order chi connectivity index (χ0) is 14.1. The summed E-state index contributed by atoms with van der Waals surface area (Å²) in [6.07, 6.45) is 4.16. The molecule has 0 heterocycles. The van der Waals surface area contributed by atoms with E-state index < -0.39 is 0 Å². The van der Waals surface area contributed by atoms with Crippen LogP contribution in [0.1, 0.15) is 53.4 Å². The number of unbranched alkanes of at least 4 members (excludes halogenated alkanes) is 1. The lowest BCUT2D eigenvalue weighted by molar-refractivity contribution is -0.136. The fourth-order valence-corrected chi connectivity index (χ4v) is 2.08. The number of thiocarbonyl (C=S) groups is 1. The van der Waals surface area contributed by atoms with E-state index in [4.69, 9.17) is 18.0 Å². The standard InChI is InChI=1S/C14H28N2OS/c1-5-8-9-12(6-2)14(17)16(7-3)10-11(4)13(15)18/h11-12H,5-10H2,1-4H3,(H2,15,18). The lowest BCUT2D eigenvalue weighted by Gasteiger charge is -2.28. The van der Waals surface area contributed by atoms with E-state index in [1.807, 2.05) is 18.7 Å². The second-order valence-corrected chi connectivity index (χ2v) is 5.40. The van der Waals surface area contributed by atoms with Gasteiger partial charge in [-0.1, -0.05) is 45.8 Å². The van der Waals surface area contributed by atoms with Crippen LogP contribution in [0, 0.1) is 11.8 Å². The first-order valence-corrected chi connectivity index (χ1v) is 7.46. The zero-order valence-electron chi connectivity index (χ0n) is 12.2. The molecule has 2 N–H and O–H groups in total. The molecule has 0 aliphatic heterocycles. The topological polar surface area (TPSA) is 46.3 Å². The Labute approximate surface area is 117 Å². The molecule has 18 heavy (non-hydrogen) atoms. The van der Waals surface area contributed by atoms with Crippen molar-refractivity contribution < 1.29 is 4.79 Å². The third kappa shape index (κ3) is 5.80. The minimum atomic E-state index is 0.0904. The van der Waals surface area contributed by atoms with Crippen molar-refractivity contribution in [2.75, 3.05) is 13.1 Å². The second-order valence-electron chi connectivity index (χ2n) is 4.93. The number of rotatable bonds is 9. The monoisotopic (exact) mass is 272 g/mol. The highest BCUT2D eigenvalue weighted by molar-refractivity contribution is 7.80. The van der Waals surface area contributed by atoms with E-state index in [2.05, 4.69) is 13.8 Å². The van der Waals surface area contributed by atoms with Gasteiger partial charge >= 0.3 is 0 Å². The summed E-state index contributed by atoms with van der Waals surface area (Å²) in [6, 6.07) is 0. The summed E-state index contributed by atoms with van der Waals surface area (Å²) in [5.41, 5.74) is 5.62. The quantitative estimate of drug-likeness (QED) is 0.656. The smallest absolute Gasteiger partial charge is 0.225 e. The second kappa shape index (κ2) is 9.31. The van der Waals surface area contributed by atoms with E-state index >= 15 is 0 Å². The molecule has 0 aromatic carbocycles. The van der Waals surface area contributed by atoms with Crippen molar-refractivity contribution in [1.82, 2.24) is 4.90 Å². The summed E-state index contributed by atoms with van der Waals surface area (Å²) >= 11 is 4.97. The third-order valence-electron chi connectivity index (χ3n) is 3.42. The molecule has 0 bridgehead atoms. The van der Waals surface area contributed by atoms with Crippen molar-refractivity contribution >= 4 is 23.1 Å². The van der Waals surface area contributed by atoms with Crippen LogP contribution in [0.4, 0.5) is 0 Å². The maximum atomic E-state index is 12.4. The normalized spacial score (nSPS) is 14.0.